The summed E-state index contributed by atoms with van der Waals surface area (Å²) in [5.41, 5.74) is -0.269. The molecule has 1 atom stereocenters. The third kappa shape index (κ3) is 5.05. The SMILES string of the molecule is CCCCCCC[C@@]1(C)NC(=O)N(CC(=O)Nc2ccccc2)C1=O. The smallest absolute Gasteiger partial charge is 0.325 e. The molecule has 0 unspecified atom stereocenters. The molecule has 0 bridgehead atoms. The highest BCUT2D eigenvalue weighted by molar-refractivity contribution is 6.09. The van der Waals surface area contributed by atoms with Gasteiger partial charge < -0.3 is 10.6 Å². The summed E-state index contributed by atoms with van der Waals surface area (Å²) in [5.74, 6) is -0.710. The van der Waals surface area contributed by atoms with Crippen LogP contribution in [0.5, 0.6) is 0 Å². The molecule has 1 fully saturated rings. The van der Waals surface area contributed by atoms with E-state index in [1.165, 1.54) is 6.42 Å². The fraction of sp³-hybridized carbons (Fsp3) is 0.526. The number of para-hydroxylation sites is 1. The Labute approximate surface area is 149 Å². The van der Waals surface area contributed by atoms with Crippen molar-refractivity contribution in [1.82, 2.24) is 10.2 Å². The molecule has 6 nitrogen and oxygen atoms in total. The van der Waals surface area contributed by atoms with E-state index in [2.05, 4.69) is 17.6 Å². The monoisotopic (exact) mass is 345 g/mol. The minimum Gasteiger partial charge on any atom is -0.325 e. The molecule has 1 saturated heterocycles. The molecule has 0 aliphatic carbocycles. The van der Waals surface area contributed by atoms with Gasteiger partial charge in [-0.25, -0.2) is 4.79 Å². The lowest BCUT2D eigenvalue weighted by atomic mass is 9.94. The number of anilines is 1. The van der Waals surface area contributed by atoms with Crippen LogP contribution < -0.4 is 10.6 Å². The summed E-state index contributed by atoms with van der Waals surface area (Å²) in [4.78, 5) is 37.9. The molecular weight excluding hydrogens is 318 g/mol. The van der Waals surface area contributed by atoms with Crippen LogP contribution in [0.25, 0.3) is 0 Å². The number of rotatable bonds is 9. The lowest BCUT2D eigenvalue weighted by Gasteiger charge is -2.21. The molecule has 1 heterocycles. The number of carbonyl (C=O) groups excluding carboxylic acids is 3. The minimum atomic E-state index is -0.906. The van der Waals surface area contributed by atoms with Gasteiger partial charge in [-0.1, -0.05) is 57.2 Å². The van der Waals surface area contributed by atoms with E-state index in [9.17, 15) is 14.4 Å². The van der Waals surface area contributed by atoms with Gasteiger partial charge in [-0.3, -0.25) is 14.5 Å². The molecule has 0 radical (unpaired) electrons. The van der Waals surface area contributed by atoms with E-state index in [1.807, 2.05) is 6.07 Å². The van der Waals surface area contributed by atoms with Crippen molar-refractivity contribution >= 4 is 23.5 Å². The van der Waals surface area contributed by atoms with Gasteiger partial charge in [-0.2, -0.15) is 0 Å². The first kappa shape index (κ1) is 19.0. The number of imide groups is 1. The summed E-state index contributed by atoms with van der Waals surface area (Å²) >= 11 is 0. The van der Waals surface area contributed by atoms with Crippen molar-refractivity contribution in [3.8, 4) is 0 Å². The average Bonchev–Trinajstić information content (AvgIpc) is 2.79. The lowest BCUT2D eigenvalue weighted by Crippen LogP contribution is -2.44. The summed E-state index contributed by atoms with van der Waals surface area (Å²) < 4.78 is 0. The molecule has 0 aromatic heterocycles. The topological polar surface area (TPSA) is 78.5 Å². The van der Waals surface area contributed by atoms with Gasteiger partial charge in [-0.05, 0) is 25.5 Å². The Balaban J connectivity index is 1.88. The fourth-order valence-electron chi connectivity index (χ4n) is 3.01. The second-order valence-electron chi connectivity index (χ2n) is 6.73. The predicted molar refractivity (Wildman–Crippen MR) is 97.1 cm³/mol. The average molecular weight is 345 g/mol. The van der Waals surface area contributed by atoms with Crippen LogP contribution in [-0.2, 0) is 9.59 Å². The molecule has 2 N–H and O–H groups in total. The van der Waals surface area contributed by atoms with Crippen molar-refractivity contribution in [3.05, 3.63) is 30.3 Å². The van der Waals surface area contributed by atoms with Gasteiger partial charge in [0.2, 0.25) is 5.91 Å². The molecule has 0 saturated carbocycles. The largest absolute Gasteiger partial charge is 0.325 e. The zero-order valence-corrected chi connectivity index (χ0v) is 15.0. The lowest BCUT2D eigenvalue weighted by molar-refractivity contribution is -0.133. The standard InChI is InChI=1S/C19H27N3O3/c1-3-4-5-6-10-13-19(2)17(24)22(18(25)21-19)14-16(23)20-15-11-8-7-9-12-15/h7-9,11-12H,3-6,10,13-14H2,1-2H3,(H,20,23)(H,21,25)/t19-/m1/s1. The molecule has 4 amide bonds. The van der Waals surface area contributed by atoms with Crippen molar-refractivity contribution in [3.63, 3.8) is 0 Å². The number of nitrogens with one attached hydrogen (secondary N) is 2. The maximum absolute atomic E-state index is 12.6. The summed E-state index contributed by atoms with van der Waals surface area (Å²) in [5, 5.41) is 5.44. The van der Waals surface area contributed by atoms with Crippen molar-refractivity contribution in [2.45, 2.75) is 57.9 Å². The molecule has 1 aromatic rings. The number of hydrogen-bond acceptors (Lipinski definition) is 3. The third-order valence-corrected chi connectivity index (χ3v) is 4.48. The maximum atomic E-state index is 12.6. The number of carbonyl (C=O) groups is 3. The Morgan fingerprint density at radius 3 is 2.48 bits per heavy atom. The van der Waals surface area contributed by atoms with E-state index in [1.54, 1.807) is 31.2 Å². The molecular formula is C19H27N3O3. The molecule has 25 heavy (non-hydrogen) atoms. The van der Waals surface area contributed by atoms with E-state index < -0.39 is 11.6 Å². The van der Waals surface area contributed by atoms with Gasteiger partial charge >= 0.3 is 6.03 Å². The van der Waals surface area contributed by atoms with Crippen LogP contribution in [0.15, 0.2) is 30.3 Å². The second-order valence-corrected chi connectivity index (χ2v) is 6.73. The first-order valence-corrected chi connectivity index (χ1v) is 8.95. The summed E-state index contributed by atoms with van der Waals surface area (Å²) in [6.07, 6.45) is 6.00. The number of amides is 4. The van der Waals surface area contributed by atoms with Crippen molar-refractivity contribution in [2.24, 2.45) is 0 Å². The highest BCUT2D eigenvalue weighted by Crippen LogP contribution is 2.24. The number of nitrogens with zero attached hydrogens (tertiary/aromatic N) is 1. The van der Waals surface area contributed by atoms with Crippen molar-refractivity contribution in [2.75, 3.05) is 11.9 Å². The summed E-state index contributed by atoms with van der Waals surface area (Å²) in [6.45, 7) is 3.62. The zero-order chi connectivity index (χ0) is 18.3. The Kier molecular flexibility index (Phi) is 6.56. The van der Waals surface area contributed by atoms with Gasteiger partial charge in [0.25, 0.3) is 5.91 Å². The van der Waals surface area contributed by atoms with Crippen LogP contribution in [0.4, 0.5) is 10.5 Å². The maximum Gasteiger partial charge on any atom is 0.325 e. The van der Waals surface area contributed by atoms with Crippen molar-refractivity contribution < 1.29 is 14.4 Å². The minimum absolute atomic E-state index is 0.273. The molecule has 1 aromatic carbocycles. The molecule has 0 spiro atoms. The van der Waals surface area contributed by atoms with Crippen LogP contribution in [0.2, 0.25) is 0 Å². The normalized spacial score (nSPS) is 19.8. The highest BCUT2D eigenvalue weighted by Gasteiger charge is 2.47. The van der Waals surface area contributed by atoms with E-state index in [0.717, 1.165) is 30.6 Å². The van der Waals surface area contributed by atoms with Crippen molar-refractivity contribution in [1.29, 1.82) is 0 Å². The van der Waals surface area contributed by atoms with Crippen LogP contribution >= 0.6 is 0 Å². The highest BCUT2D eigenvalue weighted by atomic mass is 16.2. The van der Waals surface area contributed by atoms with Gasteiger partial charge in [0.1, 0.15) is 12.1 Å². The first-order valence-electron chi connectivity index (χ1n) is 8.95. The van der Waals surface area contributed by atoms with E-state index >= 15 is 0 Å². The van der Waals surface area contributed by atoms with E-state index in [4.69, 9.17) is 0 Å². The quantitative estimate of drug-likeness (QED) is 0.532. The molecule has 1 aliphatic rings. The first-order chi connectivity index (χ1) is 12.0. The second kappa shape index (κ2) is 8.65. The molecule has 136 valence electrons. The van der Waals surface area contributed by atoms with E-state index in [-0.39, 0.29) is 18.4 Å². The van der Waals surface area contributed by atoms with Gasteiger partial charge in [0.05, 0.1) is 0 Å². The van der Waals surface area contributed by atoms with Crippen LogP contribution in [-0.4, -0.2) is 34.8 Å². The molecule has 1 aliphatic heterocycles. The Morgan fingerprint density at radius 2 is 1.80 bits per heavy atom. The van der Waals surface area contributed by atoms with Gasteiger partial charge in [0.15, 0.2) is 0 Å². The summed E-state index contributed by atoms with van der Waals surface area (Å²) in [7, 11) is 0. The summed E-state index contributed by atoms with van der Waals surface area (Å²) in [6, 6.07) is 8.47. The Hall–Kier alpha value is -2.37. The van der Waals surface area contributed by atoms with Crippen LogP contribution in [0.3, 0.4) is 0 Å². The number of urea groups is 1. The molecule has 2 rings (SSSR count). The number of unbranched alkanes of at least 4 members (excludes halogenated alkanes) is 4. The fourth-order valence-corrected chi connectivity index (χ4v) is 3.01. The predicted octanol–water partition coefficient (Wildman–Crippen LogP) is 3.30. The third-order valence-electron chi connectivity index (χ3n) is 4.48. The zero-order valence-electron chi connectivity index (χ0n) is 15.0. The van der Waals surface area contributed by atoms with Crippen LogP contribution in [0, 0.1) is 0 Å². The Bertz CT molecular complexity index is 618. The van der Waals surface area contributed by atoms with Crippen LogP contribution in [0.1, 0.15) is 52.4 Å². The number of hydrogen-bond donors (Lipinski definition) is 2. The number of benzene rings is 1. The Morgan fingerprint density at radius 1 is 1.12 bits per heavy atom. The van der Waals surface area contributed by atoms with Gasteiger partial charge in [0, 0.05) is 5.69 Å². The van der Waals surface area contributed by atoms with E-state index in [0.29, 0.717) is 12.1 Å². The molecule has 6 heteroatoms. The van der Waals surface area contributed by atoms with Gasteiger partial charge in [-0.15, -0.1) is 0 Å².